The minimum Gasteiger partial charge on any atom is -0.497 e. The fourth-order valence-electron chi connectivity index (χ4n) is 1.69. The highest BCUT2D eigenvalue weighted by Gasteiger charge is 2.27. The molecule has 84 valence electrons. The molecule has 5 heteroatoms. The molecular weight excluding hydrogens is 216 g/mol. The van der Waals surface area contributed by atoms with Gasteiger partial charge in [0.15, 0.2) is 0 Å². The Morgan fingerprint density at radius 2 is 1.81 bits per heavy atom. The van der Waals surface area contributed by atoms with Crippen LogP contribution in [-0.4, -0.2) is 14.1 Å². The van der Waals surface area contributed by atoms with Crippen LogP contribution in [0.2, 0.25) is 0 Å². The lowest BCUT2D eigenvalue weighted by atomic mass is 9.77. The number of fused-ring (bicyclic) bond motifs is 1. The second kappa shape index (κ2) is 3.74. The van der Waals surface area contributed by atoms with Gasteiger partial charge in [0.05, 0.1) is 7.11 Å². The molecule has 0 atom stereocenters. The molecule has 0 aliphatic carbocycles. The highest BCUT2D eigenvalue weighted by atomic mass is 19.4. The summed E-state index contributed by atoms with van der Waals surface area (Å²) in [6.45, 7) is -4.99. The summed E-state index contributed by atoms with van der Waals surface area (Å²) in [4.78, 5) is 0. The Hall–Kier alpha value is -1.65. The van der Waals surface area contributed by atoms with E-state index in [1.165, 1.54) is 19.2 Å². The molecule has 16 heavy (non-hydrogen) atoms. The van der Waals surface area contributed by atoms with Crippen molar-refractivity contribution in [1.82, 2.24) is 0 Å². The third-order valence-corrected chi connectivity index (χ3v) is 2.48. The van der Waals surface area contributed by atoms with Crippen molar-refractivity contribution in [2.45, 2.75) is 0 Å². The molecule has 0 heterocycles. The summed E-state index contributed by atoms with van der Waals surface area (Å²) in [6, 6.07) is 8.86. The molecule has 0 aliphatic heterocycles. The maximum Gasteiger partial charge on any atom is 0.510 e. The van der Waals surface area contributed by atoms with Crippen LogP contribution in [0.1, 0.15) is 0 Å². The Morgan fingerprint density at radius 3 is 2.44 bits per heavy atom. The Labute approximate surface area is 90.9 Å². The normalized spacial score (nSPS) is 11.8. The Morgan fingerprint density at radius 1 is 1.06 bits per heavy atom. The summed E-state index contributed by atoms with van der Waals surface area (Å²) in [6.07, 6.45) is 0. The predicted octanol–water partition coefficient (Wildman–Crippen LogP) is 2.90. The van der Waals surface area contributed by atoms with Crippen molar-refractivity contribution in [1.29, 1.82) is 0 Å². The van der Waals surface area contributed by atoms with E-state index in [0.29, 0.717) is 11.1 Å². The molecule has 1 nitrogen and oxygen atoms in total. The molecule has 0 saturated heterocycles. The number of ether oxygens (including phenoxy) is 1. The molecule has 0 radical (unpaired) electrons. The fraction of sp³-hybridized carbons (Fsp3) is 0.0909. The van der Waals surface area contributed by atoms with Crippen LogP contribution in [-0.2, 0) is 0 Å². The van der Waals surface area contributed by atoms with Gasteiger partial charge >= 0.3 is 6.98 Å². The minimum atomic E-state index is -4.99. The summed E-state index contributed by atoms with van der Waals surface area (Å²) in [7, 11) is 1.43. The first-order valence-electron chi connectivity index (χ1n) is 4.79. The molecule has 0 N–H and O–H groups in total. The first-order valence-corrected chi connectivity index (χ1v) is 4.79. The van der Waals surface area contributed by atoms with E-state index in [2.05, 4.69) is 0 Å². The van der Waals surface area contributed by atoms with Gasteiger partial charge in [-0.25, -0.2) is 0 Å². The molecule has 2 rings (SSSR count). The number of halogens is 3. The van der Waals surface area contributed by atoms with Crippen LogP contribution in [0.5, 0.6) is 5.75 Å². The first-order chi connectivity index (χ1) is 7.52. The molecule has 0 saturated carbocycles. The van der Waals surface area contributed by atoms with Gasteiger partial charge in [0.1, 0.15) is 5.75 Å². The highest BCUT2D eigenvalue weighted by molar-refractivity contribution is 6.76. The van der Waals surface area contributed by atoms with E-state index in [9.17, 15) is 12.9 Å². The molecule has 0 fully saturated rings. The van der Waals surface area contributed by atoms with Crippen LogP contribution in [0.4, 0.5) is 12.9 Å². The third kappa shape index (κ3) is 1.85. The lowest BCUT2D eigenvalue weighted by Crippen LogP contribution is -2.34. The molecule has 0 aromatic heterocycles. The number of methoxy groups -OCH3 is 1. The number of benzene rings is 2. The second-order valence-corrected chi connectivity index (χ2v) is 3.51. The molecule has 0 amide bonds. The van der Waals surface area contributed by atoms with Crippen LogP contribution in [0.25, 0.3) is 10.8 Å². The largest absolute Gasteiger partial charge is 0.510 e. The van der Waals surface area contributed by atoms with Gasteiger partial charge in [-0.3, -0.25) is 0 Å². The highest BCUT2D eigenvalue weighted by Crippen LogP contribution is 2.22. The Bertz CT molecular complexity index is 522. The fourth-order valence-corrected chi connectivity index (χ4v) is 1.69. The zero-order chi connectivity index (χ0) is 11.8. The standard InChI is InChI=1S/C11H9BF3O/c1-16-9-6-5-8-3-2-4-11(10(8)7-9)12(13,14)15/h2-7H,1H3/q-1. The van der Waals surface area contributed by atoms with Crippen LogP contribution in [0, 0.1) is 0 Å². The number of hydrogen-bond donors (Lipinski definition) is 0. The molecule has 0 aliphatic rings. The van der Waals surface area contributed by atoms with Gasteiger partial charge in [-0.1, -0.05) is 24.3 Å². The zero-order valence-electron chi connectivity index (χ0n) is 8.58. The van der Waals surface area contributed by atoms with E-state index in [1.54, 1.807) is 18.2 Å². The lowest BCUT2D eigenvalue weighted by molar-refractivity contribution is 0.415. The third-order valence-electron chi connectivity index (χ3n) is 2.48. The van der Waals surface area contributed by atoms with Gasteiger partial charge in [0.2, 0.25) is 0 Å². The predicted molar refractivity (Wildman–Crippen MR) is 59.2 cm³/mol. The molecular formula is C11H9BF3O-. The van der Waals surface area contributed by atoms with E-state index < -0.39 is 12.4 Å². The van der Waals surface area contributed by atoms with Crippen molar-refractivity contribution >= 4 is 23.2 Å². The van der Waals surface area contributed by atoms with Gasteiger partial charge in [-0.05, 0) is 22.9 Å². The van der Waals surface area contributed by atoms with Gasteiger partial charge in [0, 0.05) is 0 Å². The van der Waals surface area contributed by atoms with E-state index >= 15 is 0 Å². The maximum atomic E-state index is 12.8. The zero-order valence-corrected chi connectivity index (χ0v) is 8.58. The van der Waals surface area contributed by atoms with Gasteiger partial charge in [-0.15, -0.1) is 5.46 Å². The quantitative estimate of drug-likeness (QED) is 0.714. The maximum absolute atomic E-state index is 12.8. The van der Waals surface area contributed by atoms with Gasteiger partial charge in [-0.2, -0.15) is 0 Å². The smallest absolute Gasteiger partial charge is 0.497 e. The van der Waals surface area contributed by atoms with Crippen molar-refractivity contribution < 1.29 is 17.7 Å². The van der Waals surface area contributed by atoms with Crippen LogP contribution >= 0.6 is 0 Å². The van der Waals surface area contributed by atoms with Crippen molar-refractivity contribution in [2.75, 3.05) is 7.11 Å². The molecule has 0 unspecified atom stereocenters. The molecule has 2 aromatic rings. The van der Waals surface area contributed by atoms with Gasteiger partial charge in [0.25, 0.3) is 0 Å². The van der Waals surface area contributed by atoms with E-state index in [1.807, 2.05) is 0 Å². The summed E-state index contributed by atoms with van der Waals surface area (Å²) in [5.41, 5.74) is -0.573. The van der Waals surface area contributed by atoms with Crippen LogP contribution in [0.3, 0.4) is 0 Å². The van der Waals surface area contributed by atoms with Crippen molar-refractivity contribution in [3.05, 3.63) is 36.4 Å². The first kappa shape index (κ1) is 10.9. The second-order valence-electron chi connectivity index (χ2n) is 3.51. The molecule has 2 aromatic carbocycles. The van der Waals surface area contributed by atoms with Crippen molar-refractivity contribution in [3.8, 4) is 5.75 Å². The van der Waals surface area contributed by atoms with Crippen molar-refractivity contribution in [3.63, 3.8) is 0 Å². The molecule has 0 bridgehead atoms. The van der Waals surface area contributed by atoms with Crippen LogP contribution < -0.4 is 10.2 Å². The van der Waals surface area contributed by atoms with E-state index in [0.717, 1.165) is 6.07 Å². The summed E-state index contributed by atoms with van der Waals surface area (Å²) in [5.74, 6) is 0.431. The lowest BCUT2D eigenvalue weighted by Gasteiger charge is -2.17. The van der Waals surface area contributed by atoms with Crippen LogP contribution in [0.15, 0.2) is 36.4 Å². The average Bonchev–Trinajstić information content (AvgIpc) is 2.26. The monoisotopic (exact) mass is 225 g/mol. The van der Waals surface area contributed by atoms with Crippen molar-refractivity contribution in [2.24, 2.45) is 0 Å². The minimum absolute atomic E-state index is 0.189. The average molecular weight is 225 g/mol. The summed E-state index contributed by atoms with van der Waals surface area (Å²) in [5, 5.41) is 0.756. The summed E-state index contributed by atoms with van der Waals surface area (Å²) >= 11 is 0. The van der Waals surface area contributed by atoms with Gasteiger partial charge < -0.3 is 17.7 Å². The van der Waals surface area contributed by atoms with E-state index in [-0.39, 0.29) is 5.39 Å². The summed E-state index contributed by atoms with van der Waals surface area (Å²) < 4.78 is 43.3. The number of hydrogen-bond acceptors (Lipinski definition) is 1. The Balaban J connectivity index is 2.74. The van der Waals surface area contributed by atoms with E-state index in [4.69, 9.17) is 4.74 Å². The topological polar surface area (TPSA) is 9.23 Å². The molecule has 0 spiro atoms. The SMILES string of the molecule is COc1ccc2cccc([B-](F)(F)F)c2c1. The Kier molecular flexibility index (Phi) is 2.54. The number of rotatable bonds is 2.